The number of hydrogen-bond acceptors (Lipinski definition) is 2. The maximum atomic E-state index is 12.7. The van der Waals surface area contributed by atoms with Crippen LogP contribution in [-0.4, -0.2) is 29.9 Å². The number of rotatable bonds is 6. The predicted octanol–water partition coefficient (Wildman–Crippen LogP) is 3.88. The van der Waals surface area contributed by atoms with Gasteiger partial charge in [-0.25, -0.2) is 0 Å². The van der Waals surface area contributed by atoms with Crippen molar-refractivity contribution >= 4 is 11.6 Å². The minimum Gasteiger partial charge on any atom is -0.312 e. The minimum absolute atomic E-state index is 0.235. The molecule has 0 saturated heterocycles. The second-order valence-corrected chi connectivity index (χ2v) is 6.72. The number of hydrogen-bond donors (Lipinski definition) is 0. The highest BCUT2D eigenvalue weighted by Crippen LogP contribution is 2.28. The first kappa shape index (κ1) is 16.7. The summed E-state index contributed by atoms with van der Waals surface area (Å²) in [5.74, 6) is 0.235. The van der Waals surface area contributed by atoms with E-state index in [1.807, 2.05) is 23.1 Å². The van der Waals surface area contributed by atoms with Crippen LogP contribution in [0.5, 0.6) is 0 Å². The van der Waals surface area contributed by atoms with Crippen LogP contribution in [0.1, 0.15) is 31.4 Å². The van der Waals surface area contributed by atoms with Gasteiger partial charge in [0, 0.05) is 37.8 Å². The van der Waals surface area contributed by atoms with Gasteiger partial charge in [-0.1, -0.05) is 48.5 Å². The van der Waals surface area contributed by atoms with Gasteiger partial charge >= 0.3 is 0 Å². The molecule has 2 aromatic rings. The summed E-state index contributed by atoms with van der Waals surface area (Å²) in [6, 6.07) is 19.1. The Bertz CT molecular complexity index is 681. The Balaban J connectivity index is 1.60. The molecule has 1 heterocycles. The number of carbonyl (C=O) groups is 1. The fourth-order valence-electron chi connectivity index (χ4n) is 3.31. The number of anilines is 1. The Hall–Kier alpha value is -2.13. The lowest BCUT2D eigenvalue weighted by Crippen LogP contribution is -2.36. The van der Waals surface area contributed by atoms with Gasteiger partial charge in [-0.15, -0.1) is 0 Å². The van der Waals surface area contributed by atoms with Crippen molar-refractivity contribution in [1.82, 2.24) is 4.90 Å². The van der Waals surface area contributed by atoms with E-state index < -0.39 is 0 Å². The summed E-state index contributed by atoms with van der Waals surface area (Å²) in [4.78, 5) is 17.0. The SMILES string of the molecule is CC(C)N(CCC(=O)N1CCc2ccccc21)Cc1ccccc1. The standard InChI is InChI=1S/C21H26N2O/c1-17(2)22(16-18-8-4-3-5-9-18)14-13-21(24)23-15-12-19-10-6-7-11-20(19)23/h3-11,17H,12-16H2,1-2H3. The van der Waals surface area contributed by atoms with E-state index in [0.29, 0.717) is 12.5 Å². The molecule has 0 fully saturated rings. The summed E-state index contributed by atoms with van der Waals surface area (Å²) >= 11 is 0. The largest absolute Gasteiger partial charge is 0.312 e. The topological polar surface area (TPSA) is 23.6 Å². The van der Waals surface area contributed by atoms with Gasteiger partial charge in [0.2, 0.25) is 5.91 Å². The maximum Gasteiger partial charge on any atom is 0.228 e. The second kappa shape index (κ2) is 7.63. The lowest BCUT2D eigenvalue weighted by molar-refractivity contribution is -0.119. The molecular weight excluding hydrogens is 296 g/mol. The highest BCUT2D eigenvalue weighted by molar-refractivity contribution is 5.95. The Labute approximate surface area is 144 Å². The molecule has 0 aromatic heterocycles. The van der Waals surface area contributed by atoms with E-state index in [0.717, 1.165) is 31.7 Å². The molecule has 0 saturated carbocycles. The molecule has 1 aliphatic heterocycles. The molecule has 0 atom stereocenters. The quantitative estimate of drug-likeness (QED) is 0.806. The van der Waals surface area contributed by atoms with Gasteiger partial charge in [-0.2, -0.15) is 0 Å². The first-order valence-corrected chi connectivity index (χ1v) is 8.81. The Morgan fingerprint density at radius 3 is 2.54 bits per heavy atom. The second-order valence-electron chi connectivity index (χ2n) is 6.72. The first-order valence-electron chi connectivity index (χ1n) is 8.81. The van der Waals surface area contributed by atoms with Crippen molar-refractivity contribution in [1.29, 1.82) is 0 Å². The summed E-state index contributed by atoms with van der Waals surface area (Å²) in [5, 5.41) is 0. The minimum atomic E-state index is 0.235. The molecule has 2 aromatic carbocycles. The molecular formula is C21H26N2O. The van der Waals surface area contributed by atoms with E-state index in [4.69, 9.17) is 0 Å². The molecule has 0 spiro atoms. The number of carbonyl (C=O) groups excluding carboxylic acids is 1. The molecule has 1 aliphatic rings. The highest BCUT2D eigenvalue weighted by atomic mass is 16.2. The summed E-state index contributed by atoms with van der Waals surface area (Å²) < 4.78 is 0. The van der Waals surface area contributed by atoms with Crippen molar-refractivity contribution < 1.29 is 4.79 Å². The molecule has 3 heteroatoms. The van der Waals surface area contributed by atoms with E-state index in [1.165, 1.54) is 11.1 Å². The van der Waals surface area contributed by atoms with Crippen LogP contribution in [0.3, 0.4) is 0 Å². The van der Waals surface area contributed by atoms with Gasteiger partial charge in [0.05, 0.1) is 0 Å². The molecule has 126 valence electrons. The van der Waals surface area contributed by atoms with Crippen LogP contribution in [0, 0.1) is 0 Å². The molecule has 0 unspecified atom stereocenters. The average Bonchev–Trinajstić information content (AvgIpc) is 3.03. The zero-order valence-electron chi connectivity index (χ0n) is 14.6. The van der Waals surface area contributed by atoms with Crippen molar-refractivity contribution in [2.45, 2.75) is 39.3 Å². The zero-order chi connectivity index (χ0) is 16.9. The predicted molar refractivity (Wildman–Crippen MR) is 99.1 cm³/mol. The third-order valence-corrected chi connectivity index (χ3v) is 4.76. The Morgan fingerprint density at radius 1 is 1.08 bits per heavy atom. The fourth-order valence-corrected chi connectivity index (χ4v) is 3.31. The van der Waals surface area contributed by atoms with Crippen LogP contribution in [0.2, 0.25) is 0 Å². The van der Waals surface area contributed by atoms with E-state index in [2.05, 4.69) is 55.1 Å². The van der Waals surface area contributed by atoms with E-state index in [-0.39, 0.29) is 5.91 Å². The van der Waals surface area contributed by atoms with Crippen molar-refractivity contribution in [2.24, 2.45) is 0 Å². The van der Waals surface area contributed by atoms with Gasteiger partial charge in [0.25, 0.3) is 0 Å². The summed E-state index contributed by atoms with van der Waals surface area (Å²) in [6.45, 7) is 6.89. The van der Waals surface area contributed by atoms with Gasteiger partial charge in [-0.3, -0.25) is 9.69 Å². The molecule has 3 rings (SSSR count). The van der Waals surface area contributed by atoms with Crippen molar-refractivity contribution in [3.05, 3.63) is 65.7 Å². The van der Waals surface area contributed by atoms with Crippen LogP contribution < -0.4 is 4.90 Å². The van der Waals surface area contributed by atoms with Gasteiger partial charge in [0.1, 0.15) is 0 Å². The van der Waals surface area contributed by atoms with Gasteiger partial charge < -0.3 is 4.90 Å². The number of nitrogens with zero attached hydrogens (tertiary/aromatic N) is 2. The summed E-state index contributed by atoms with van der Waals surface area (Å²) in [5.41, 5.74) is 3.68. The molecule has 24 heavy (non-hydrogen) atoms. The van der Waals surface area contributed by atoms with Gasteiger partial charge in [0.15, 0.2) is 0 Å². The monoisotopic (exact) mass is 322 g/mol. The van der Waals surface area contributed by atoms with E-state index in [1.54, 1.807) is 0 Å². The normalized spacial score (nSPS) is 13.6. The molecule has 0 N–H and O–H groups in total. The Kier molecular flexibility index (Phi) is 5.31. The van der Waals surface area contributed by atoms with Gasteiger partial charge in [-0.05, 0) is 37.5 Å². The van der Waals surface area contributed by atoms with Crippen molar-refractivity contribution in [2.75, 3.05) is 18.0 Å². The number of amides is 1. The third kappa shape index (κ3) is 3.85. The summed E-state index contributed by atoms with van der Waals surface area (Å²) in [7, 11) is 0. The number of fused-ring (bicyclic) bond motifs is 1. The number of benzene rings is 2. The summed E-state index contributed by atoms with van der Waals surface area (Å²) in [6.07, 6.45) is 1.54. The lowest BCUT2D eigenvalue weighted by atomic mass is 10.1. The third-order valence-electron chi connectivity index (χ3n) is 4.76. The van der Waals surface area contributed by atoms with E-state index in [9.17, 15) is 4.79 Å². The lowest BCUT2D eigenvalue weighted by Gasteiger charge is -2.27. The molecule has 3 nitrogen and oxygen atoms in total. The van der Waals surface area contributed by atoms with Crippen LogP contribution in [-0.2, 0) is 17.8 Å². The van der Waals surface area contributed by atoms with Crippen LogP contribution in [0.4, 0.5) is 5.69 Å². The molecule has 1 amide bonds. The fraction of sp³-hybridized carbons (Fsp3) is 0.381. The van der Waals surface area contributed by atoms with E-state index >= 15 is 0 Å². The van der Waals surface area contributed by atoms with Crippen molar-refractivity contribution in [3.63, 3.8) is 0 Å². The molecule has 0 radical (unpaired) electrons. The van der Waals surface area contributed by atoms with Crippen LogP contribution >= 0.6 is 0 Å². The highest BCUT2D eigenvalue weighted by Gasteiger charge is 2.24. The number of para-hydroxylation sites is 1. The maximum absolute atomic E-state index is 12.7. The smallest absolute Gasteiger partial charge is 0.228 e. The van der Waals surface area contributed by atoms with Crippen molar-refractivity contribution in [3.8, 4) is 0 Å². The first-order chi connectivity index (χ1) is 11.6. The average molecular weight is 322 g/mol. The van der Waals surface area contributed by atoms with Crippen LogP contribution in [0.15, 0.2) is 54.6 Å². The molecule has 0 bridgehead atoms. The Morgan fingerprint density at radius 2 is 1.79 bits per heavy atom. The molecule has 0 aliphatic carbocycles. The zero-order valence-corrected chi connectivity index (χ0v) is 14.6. The van der Waals surface area contributed by atoms with Crippen LogP contribution in [0.25, 0.3) is 0 Å².